The summed E-state index contributed by atoms with van der Waals surface area (Å²) in [6.45, 7) is 5.38. The van der Waals surface area contributed by atoms with Gasteiger partial charge in [-0.25, -0.2) is 0 Å². The van der Waals surface area contributed by atoms with Crippen LogP contribution in [0.15, 0.2) is 18.2 Å². The molecule has 0 spiro atoms. The molecule has 0 saturated heterocycles. The number of nitrogens with one attached hydrogen (secondary N) is 1. The standard InChI is InChI=1S/C15H21N3O2/c1-10(8-16)9-17-15(20)13-3-4-14-12(7-13)5-6-18(14)11(2)19/h3-4,7,10H,5-6,8-9,16H2,1-2H3,(H,17,20). The molecule has 1 unspecified atom stereocenters. The van der Waals surface area contributed by atoms with Gasteiger partial charge in [0.25, 0.3) is 5.91 Å². The second kappa shape index (κ2) is 6.05. The van der Waals surface area contributed by atoms with Crippen molar-refractivity contribution in [3.8, 4) is 0 Å². The molecule has 0 fully saturated rings. The smallest absolute Gasteiger partial charge is 0.251 e. The molecule has 1 aliphatic heterocycles. The summed E-state index contributed by atoms with van der Waals surface area (Å²) in [4.78, 5) is 25.3. The van der Waals surface area contributed by atoms with Crippen LogP contribution in [-0.2, 0) is 11.2 Å². The van der Waals surface area contributed by atoms with E-state index in [1.54, 1.807) is 17.9 Å². The largest absolute Gasteiger partial charge is 0.352 e. The molecule has 5 heteroatoms. The second-order valence-electron chi connectivity index (χ2n) is 5.32. The normalized spacial score (nSPS) is 14.8. The number of nitrogens with two attached hydrogens (primary N) is 1. The topological polar surface area (TPSA) is 75.4 Å². The number of benzene rings is 1. The average molecular weight is 275 g/mol. The lowest BCUT2D eigenvalue weighted by molar-refractivity contribution is -0.116. The van der Waals surface area contributed by atoms with Crippen molar-refractivity contribution in [2.24, 2.45) is 11.7 Å². The molecule has 1 heterocycles. The Balaban J connectivity index is 2.09. The van der Waals surface area contributed by atoms with Crippen LogP contribution in [0.4, 0.5) is 5.69 Å². The maximum absolute atomic E-state index is 12.0. The van der Waals surface area contributed by atoms with Crippen LogP contribution < -0.4 is 16.0 Å². The van der Waals surface area contributed by atoms with E-state index < -0.39 is 0 Å². The van der Waals surface area contributed by atoms with E-state index in [-0.39, 0.29) is 17.7 Å². The van der Waals surface area contributed by atoms with Crippen molar-refractivity contribution in [1.29, 1.82) is 0 Å². The zero-order valence-electron chi connectivity index (χ0n) is 12.0. The molecule has 0 radical (unpaired) electrons. The van der Waals surface area contributed by atoms with Gasteiger partial charge in [0.1, 0.15) is 0 Å². The Kier molecular flexibility index (Phi) is 4.39. The van der Waals surface area contributed by atoms with Crippen molar-refractivity contribution < 1.29 is 9.59 Å². The highest BCUT2D eigenvalue weighted by atomic mass is 16.2. The molecule has 1 aromatic rings. The number of amides is 2. The molecule has 1 aromatic carbocycles. The molecule has 0 saturated carbocycles. The molecule has 1 aliphatic rings. The molecule has 108 valence electrons. The zero-order valence-corrected chi connectivity index (χ0v) is 12.0. The minimum absolute atomic E-state index is 0.0396. The van der Waals surface area contributed by atoms with Crippen LogP contribution in [0.3, 0.4) is 0 Å². The molecule has 5 nitrogen and oxygen atoms in total. The Morgan fingerprint density at radius 1 is 1.45 bits per heavy atom. The highest BCUT2D eigenvalue weighted by Crippen LogP contribution is 2.28. The minimum Gasteiger partial charge on any atom is -0.352 e. The number of hydrogen-bond acceptors (Lipinski definition) is 3. The quantitative estimate of drug-likeness (QED) is 0.858. The Labute approximate surface area is 119 Å². The first kappa shape index (κ1) is 14.5. The SMILES string of the molecule is CC(=O)N1CCc2cc(C(=O)NCC(C)CN)ccc21. The molecular formula is C15H21N3O2. The summed E-state index contributed by atoms with van der Waals surface area (Å²) >= 11 is 0. The first-order valence-corrected chi connectivity index (χ1v) is 6.92. The zero-order chi connectivity index (χ0) is 14.7. The van der Waals surface area contributed by atoms with E-state index in [1.165, 1.54) is 0 Å². The fourth-order valence-corrected chi connectivity index (χ4v) is 2.32. The third kappa shape index (κ3) is 2.99. The van der Waals surface area contributed by atoms with Crippen LogP contribution in [0, 0.1) is 5.92 Å². The summed E-state index contributed by atoms with van der Waals surface area (Å²) in [5, 5.41) is 2.88. The molecule has 0 aliphatic carbocycles. The summed E-state index contributed by atoms with van der Waals surface area (Å²) in [6, 6.07) is 5.49. The van der Waals surface area contributed by atoms with Gasteiger partial charge in [-0.05, 0) is 42.6 Å². The second-order valence-corrected chi connectivity index (χ2v) is 5.32. The maximum Gasteiger partial charge on any atom is 0.251 e. The summed E-state index contributed by atoms with van der Waals surface area (Å²) in [5.41, 5.74) is 8.14. The predicted molar refractivity (Wildman–Crippen MR) is 78.7 cm³/mol. The van der Waals surface area contributed by atoms with E-state index in [1.807, 2.05) is 19.1 Å². The molecule has 1 atom stereocenters. The van der Waals surface area contributed by atoms with E-state index in [4.69, 9.17) is 5.73 Å². The molecule has 3 N–H and O–H groups in total. The van der Waals surface area contributed by atoms with Gasteiger partial charge in [0.2, 0.25) is 5.91 Å². The lowest BCUT2D eigenvalue weighted by Crippen LogP contribution is -2.31. The monoisotopic (exact) mass is 275 g/mol. The Morgan fingerprint density at radius 2 is 2.20 bits per heavy atom. The Hall–Kier alpha value is -1.88. The van der Waals surface area contributed by atoms with Gasteiger partial charge in [0.15, 0.2) is 0 Å². The van der Waals surface area contributed by atoms with Crippen LogP contribution in [0.5, 0.6) is 0 Å². The molecule has 20 heavy (non-hydrogen) atoms. The Bertz CT molecular complexity index is 528. The molecule has 0 bridgehead atoms. The third-order valence-corrected chi connectivity index (χ3v) is 3.63. The van der Waals surface area contributed by atoms with Gasteiger partial charge < -0.3 is 16.0 Å². The number of carbonyl (C=O) groups excluding carboxylic acids is 2. The highest BCUT2D eigenvalue weighted by molar-refractivity contribution is 5.97. The van der Waals surface area contributed by atoms with Crippen molar-refractivity contribution >= 4 is 17.5 Å². The summed E-state index contributed by atoms with van der Waals surface area (Å²) in [5.74, 6) is 0.216. The molecule has 0 aromatic heterocycles. The minimum atomic E-state index is -0.0885. The highest BCUT2D eigenvalue weighted by Gasteiger charge is 2.23. The maximum atomic E-state index is 12.0. The molecule has 2 rings (SSSR count). The van der Waals surface area contributed by atoms with Crippen molar-refractivity contribution in [3.05, 3.63) is 29.3 Å². The van der Waals surface area contributed by atoms with Gasteiger partial charge in [-0.3, -0.25) is 9.59 Å². The van der Waals surface area contributed by atoms with Crippen LogP contribution in [0.1, 0.15) is 29.8 Å². The van der Waals surface area contributed by atoms with Crippen LogP contribution in [0.2, 0.25) is 0 Å². The predicted octanol–water partition coefficient (Wildman–Crippen LogP) is 0.920. The van der Waals surface area contributed by atoms with Gasteiger partial charge in [0, 0.05) is 31.3 Å². The van der Waals surface area contributed by atoms with Crippen molar-refractivity contribution in [3.63, 3.8) is 0 Å². The van der Waals surface area contributed by atoms with E-state index in [9.17, 15) is 9.59 Å². The van der Waals surface area contributed by atoms with E-state index in [0.29, 0.717) is 25.2 Å². The lowest BCUT2D eigenvalue weighted by atomic mass is 10.1. The number of nitrogens with zero attached hydrogens (tertiary/aromatic N) is 1. The van der Waals surface area contributed by atoms with Crippen molar-refractivity contribution in [1.82, 2.24) is 5.32 Å². The molecule has 2 amide bonds. The lowest BCUT2D eigenvalue weighted by Gasteiger charge is -2.15. The number of fused-ring (bicyclic) bond motifs is 1. The van der Waals surface area contributed by atoms with Gasteiger partial charge in [-0.15, -0.1) is 0 Å². The van der Waals surface area contributed by atoms with Crippen molar-refractivity contribution in [2.45, 2.75) is 20.3 Å². The third-order valence-electron chi connectivity index (χ3n) is 3.63. The summed E-state index contributed by atoms with van der Waals surface area (Å²) < 4.78 is 0. The van der Waals surface area contributed by atoms with E-state index >= 15 is 0 Å². The van der Waals surface area contributed by atoms with Gasteiger partial charge >= 0.3 is 0 Å². The summed E-state index contributed by atoms with van der Waals surface area (Å²) in [6.07, 6.45) is 0.801. The number of rotatable bonds is 4. The van der Waals surface area contributed by atoms with Crippen LogP contribution >= 0.6 is 0 Å². The molecular weight excluding hydrogens is 254 g/mol. The van der Waals surface area contributed by atoms with Crippen molar-refractivity contribution in [2.75, 3.05) is 24.5 Å². The van der Waals surface area contributed by atoms with E-state index in [2.05, 4.69) is 5.32 Å². The van der Waals surface area contributed by atoms with E-state index in [0.717, 1.165) is 17.7 Å². The number of carbonyl (C=O) groups is 2. The first-order valence-electron chi connectivity index (χ1n) is 6.92. The number of hydrogen-bond donors (Lipinski definition) is 2. The Morgan fingerprint density at radius 3 is 2.85 bits per heavy atom. The first-order chi connectivity index (χ1) is 9.52. The van der Waals surface area contributed by atoms with Gasteiger partial charge in [-0.1, -0.05) is 6.92 Å². The van der Waals surface area contributed by atoms with Gasteiger partial charge in [-0.2, -0.15) is 0 Å². The summed E-state index contributed by atoms with van der Waals surface area (Å²) in [7, 11) is 0. The van der Waals surface area contributed by atoms with Crippen LogP contribution in [-0.4, -0.2) is 31.4 Å². The number of anilines is 1. The fraction of sp³-hybridized carbons (Fsp3) is 0.467. The van der Waals surface area contributed by atoms with Crippen LogP contribution in [0.25, 0.3) is 0 Å². The fourth-order valence-electron chi connectivity index (χ4n) is 2.32. The van der Waals surface area contributed by atoms with Gasteiger partial charge in [0.05, 0.1) is 0 Å². The average Bonchev–Trinajstić information content (AvgIpc) is 2.87.